The molecule has 1 saturated carbocycles. The molecule has 1 aromatic heterocycles. The number of aryl methyl sites for hydroxylation is 2. The quantitative estimate of drug-likeness (QED) is 0.821. The Bertz CT molecular complexity index is 664. The molecule has 0 atom stereocenters. The zero-order chi connectivity index (χ0) is 15.5. The van der Waals surface area contributed by atoms with Crippen LogP contribution in [-0.2, 0) is 11.3 Å². The van der Waals surface area contributed by atoms with E-state index in [1.807, 2.05) is 48.4 Å². The van der Waals surface area contributed by atoms with E-state index in [2.05, 4.69) is 4.98 Å². The fraction of sp³-hybridized carbons (Fsp3) is 0.412. The number of carbonyl (C=O) groups is 1. The van der Waals surface area contributed by atoms with Gasteiger partial charge < -0.3 is 9.64 Å². The van der Waals surface area contributed by atoms with Gasteiger partial charge in [-0.1, -0.05) is 18.2 Å². The molecule has 0 saturated heterocycles. The van der Waals surface area contributed by atoms with Crippen LogP contribution < -0.4 is 4.74 Å². The third kappa shape index (κ3) is 3.65. The summed E-state index contributed by atoms with van der Waals surface area (Å²) in [4.78, 5) is 18.9. The highest BCUT2D eigenvalue weighted by molar-refractivity contribution is 7.09. The van der Waals surface area contributed by atoms with E-state index in [0.717, 1.165) is 34.9 Å². The summed E-state index contributed by atoms with van der Waals surface area (Å²) in [5.74, 6) is 0.813. The van der Waals surface area contributed by atoms with Gasteiger partial charge in [0.2, 0.25) is 0 Å². The highest BCUT2D eigenvalue weighted by Gasteiger charge is 2.33. The van der Waals surface area contributed by atoms with E-state index in [4.69, 9.17) is 4.74 Å². The molecule has 1 fully saturated rings. The molecule has 22 heavy (non-hydrogen) atoms. The summed E-state index contributed by atoms with van der Waals surface area (Å²) in [6.07, 6.45) is 2.17. The van der Waals surface area contributed by atoms with Gasteiger partial charge in [0.25, 0.3) is 5.91 Å². The standard InChI is InChI=1S/C17H20N2O2S/c1-12-5-3-4-6-16(12)21-10-17(20)19(15-7-8-15)9-14-11-22-13(2)18-14/h3-6,11,15H,7-10H2,1-2H3. The first-order valence-electron chi connectivity index (χ1n) is 7.52. The Morgan fingerprint density at radius 1 is 1.36 bits per heavy atom. The molecule has 5 heteroatoms. The van der Waals surface area contributed by atoms with E-state index in [0.29, 0.717) is 12.6 Å². The molecule has 1 amide bonds. The summed E-state index contributed by atoms with van der Waals surface area (Å²) < 4.78 is 5.69. The van der Waals surface area contributed by atoms with Crippen molar-refractivity contribution in [2.45, 2.75) is 39.3 Å². The molecule has 0 spiro atoms. The zero-order valence-corrected chi connectivity index (χ0v) is 13.7. The number of hydrogen-bond donors (Lipinski definition) is 0. The Balaban J connectivity index is 1.62. The molecule has 1 aliphatic carbocycles. The summed E-state index contributed by atoms with van der Waals surface area (Å²) in [5.41, 5.74) is 2.02. The van der Waals surface area contributed by atoms with Crippen molar-refractivity contribution in [3.8, 4) is 5.75 Å². The van der Waals surface area contributed by atoms with Gasteiger partial charge >= 0.3 is 0 Å². The van der Waals surface area contributed by atoms with Gasteiger partial charge in [-0.15, -0.1) is 11.3 Å². The van der Waals surface area contributed by atoms with E-state index in [1.54, 1.807) is 11.3 Å². The number of hydrogen-bond acceptors (Lipinski definition) is 4. The van der Waals surface area contributed by atoms with Gasteiger partial charge in [0, 0.05) is 11.4 Å². The molecule has 3 rings (SSSR count). The summed E-state index contributed by atoms with van der Waals surface area (Å²) in [5, 5.41) is 3.06. The summed E-state index contributed by atoms with van der Waals surface area (Å²) >= 11 is 1.62. The lowest BCUT2D eigenvalue weighted by Crippen LogP contribution is -2.36. The van der Waals surface area contributed by atoms with Crippen molar-refractivity contribution in [3.05, 3.63) is 45.9 Å². The molecule has 2 aromatic rings. The van der Waals surface area contributed by atoms with Crippen LogP contribution in [0.5, 0.6) is 5.75 Å². The van der Waals surface area contributed by atoms with Crippen molar-refractivity contribution in [1.29, 1.82) is 0 Å². The number of amides is 1. The fourth-order valence-electron chi connectivity index (χ4n) is 2.40. The van der Waals surface area contributed by atoms with Crippen LogP contribution in [0.3, 0.4) is 0 Å². The van der Waals surface area contributed by atoms with Gasteiger partial charge in [-0.2, -0.15) is 0 Å². The number of nitrogens with zero attached hydrogens (tertiary/aromatic N) is 2. The zero-order valence-electron chi connectivity index (χ0n) is 12.9. The van der Waals surface area contributed by atoms with Gasteiger partial charge in [0.05, 0.1) is 17.2 Å². The van der Waals surface area contributed by atoms with Crippen LogP contribution in [0.15, 0.2) is 29.6 Å². The highest BCUT2D eigenvalue weighted by atomic mass is 32.1. The van der Waals surface area contributed by atoms with E-state index in [9.17, 15) is 4.79 Å². The number of benzene rings is 1. The number of rotatable bonds is 6. The fourth-order valence-corrected chi connectivity index (χ4v) is 3.01. The average molecular weight is 316 g/mol. The Morgan fingerprint density at radius 3 is 2.77 bits per heavy atom. The smallest absolute Gasteiger partial charge is 0.261 e. The van der Waals surface area contributed by atoms with E-state index in [-0.39, 0.29) is 12.5 Å². The molecule has 1 aliphatic rings. The maximum atomic E-state index is 12.5. The Kier molecular flexibility index (Phi) is 4.43. The monoisotopic (exact) mass is 316 g/mol. The van der Waals surface area contributed by atoms with Crippen LogP contribution in [0.1, 0.15) is 29.1 Å². The second-order valence-electron chi connectivity index (χ2n) is 5.66. The lowest BCUT2D eigenvalue weighted by atomic mass is 10.2. The van der Waals surface area contributed by atoms with Gasteiger partial charge in [-0.05, 0) is 38.3 Å². The summed E-state index contributed by atoms with van der Waals surface area (Å²) in [6, 6.07) is 8.12. The minimum atomic E-state index is 0.0383. The highest BCUT2D eigenvalue weighted by Crippen LogP contribution is 2.29. The average Bonchev–Trinajstić information content (AvgIpc) is 3.26. The van der Waals surface area contributed by atoms with Crippen LogP contribution >= 0.6 is 11.3 Å². The van der Waals surface area contributed by atoms with Gasteiger partial charge in [-0.25, -0.2) is 4.98 Å². The molecule has 0 radical (unpaired) electrons. The number of aromatic nitrogens is 1. The lowest BCUT2D eigenvalue weighted by Gasteiger charge is -2.21. The van der Waals surface area contributed by atoms with Gasteiger partial charge in [0.1, 0.15) is 5.75 Å². The van der Waals surface area contributed by atoms with Crippen molar-refractivity contribution in [3.63, 3.8) is 0 Å². The third-order valence-electron chi connectivity index (χ3n) is 3.75. The molecule has 0 bridgehead atoms. The molecule has 0 N–H and O–H groups in total. The van der Waals surface area contributed by atoms with Crippen LogP contribution in [0.25, 0.3) is 0 Å². The summed E-state index contributed by atoms with van der Waals surface area (Å²) in [6.45, 7) is 4.64. The second kappa shape index (κ2) is 6.48. The molecule has 116 valence electrons. The molecule has 1 aromatic carbocycles. The number of ether oxygens (including phenoxy) is 1. The number of carbonyl (C=O) groups excluding carboxylic acids is 1. The van der Waals surface area contributed by atoms with Crippen molar-refractivity contribution >= 4 is 17.2 Å². The van der Waals surface area contributed by atoms with Crippen molar-refractivity contribution in [2.24, 2.45) is 0 Å². The van der Waals surface area contributed by atoms with Crippen LogP contribution in [0.2, 0.25) is 0 Å². The van der Waals surface area contributed by atoms with E-state index in [1.165, 1.54) is 0 Å². The van der Waals surface area contributed by atoms with Crippen LogP contribution in [0.4, 0.5) is 0 Å². The second-order valence-corrected chi connectivity index (χ2v) is 6.73. The lowest BCUT2D eigenvalue weighted by molar-refractivity contribution is -0.134. The van der Waals surface area contributed by atoms with Crippen LogP contribution in [-0.4, -0.2) is 28.4 Å². The van der Waals surface area contributed by atoms with Gasteiger partial charge in [0.15, 0.2) is 6.61 Å². The van der Waals surface area contributed by atoms with E-state index >= 15 is 0 Å². The predicted molar refractivity (Wildman–Crippen MR) is 87.1 cm³/mol. The van der Waals surface area contributed by atoms with Crippen molar-refractivity contribution < 1.29 is 9.53 Å². The maximum Gasteiger partial charge on any atom is 0.261 e. The molecule has 0 aliphatic heterocycles. The maximum absolute atomic E-state index is 12.5. The van der Waals surface area contributed by atoms with Gasteiger partial charge in [-0.3, -0.25) is 4.79 Å². The summed E-state index contributed by atoms with van der Waals surface area (Å²) in [7, 11) is 0. The SMILES string of the molecule is Cc1nc(CN(C(=O)COc2ccccc2C)C2CC2)cs1. The topological polar surface area (TPSA) is 42.4 Å². The van der Waals surface area contributed by atoms with E-state index < -0.39 is 0 Å². The normalized spacial score (nSPS) is 13.9. The Morgan fingerprint density at radius 2 is 2.14 bits per heavy atom. The van der Waals surface area contributed by atoms with Crippen molar-refractivity contribution in [1.82, 2.24) is 9.88 Å². The largest absolute Gasteiger partial charge is 0.484 e. The first kappa shape index (κ1) is 15.0. The first-order valence-corrected chi connectivity index (χ1v) is 8.40. The number of para-hydroxylation sites is 1. The van der Waals surface area contributed by atoms with Crippen molar-refractivity contribution in [2.75, 3.05) is 6.61 Å². The molecule has 1 heterocycles. The Hall–Kier alpha value is -1.88. The molecular weight excluding hydrogens is 296 g/mol. The Labute approximate surface area is 134 Å². The first-order chi connectivity index (χ1) is 10.6. The molecular formula is C17H20N2O2S. The third-order valence-corrected chi connectivity index (χ3v) is 4.57. The minimum Gasteiger partial charge on any atom is -0.484 e. The number of thiazole rings is 1. The minimum absolute atomic E-state index is 0.0383. The predicted octanol–water partition coefficient (Wildman–Crippen LogP) is 3.33. The molecule has 0 unspecified atom stereocenters. The molecule has 4 nitrogen and oxygen atoms in total. The van der Waals surface area contributed by atoms with Crippen LogP contribution in [0, 0.1) is 13.8 Å².